The number of nitrogens with one attached hydrogen (secondary N) is 2. The van der Waals surface area contributed by atoms with Crippen LogP contribution in [0, 0.1) is 11.7 Å². The minimum absolute atomic E-state index is 0.0582. The molecule has 122 valence electrons. The van der Waals surface area contributed by atoms with Gasteiger partial charge in [-0.3, -0.25) is 4.79 Å². The van der Waals surface area contributed by atoms with Gasteiger partial charge >= 0.3 is 0 Å². The number of rotatable bonds is 7. The Hall–Kier alpha value is -2.36. The summed E-state index contributed by atoms with van der Waals surface area (Å²) in [6.07, 6.45) is 0.260. The fraction of sp³-hybridized carbons (Fsp3) is 0.316. The lowest BCUT2D eigenvalue weighted by Gasteiger charge is -2.24. The monoisotopic (exact) mass is 314 g/mol. The van der Waals surface area contributed by atoms with Gasteiger partial charge in [0.25, 0.3) is 0 Å². The standard InChI is InChI=1S/C19H23FN2O/c1-14(2)18(22-17-6-4-3-5-7-17)13-21-19(23)12-15-8-10-16(20)11-9-15/h3-11,14,18,22H,12-13H2,1-2H3,(H,21,23). The number of hydrogen-bond acceptors (Lipinski definition) is 2. The average molecular weight is 314 g/mol. The highest BCUT2D eigenvalue weighted by Gasteiger charge is 2.14. The van der Waals surface area contributed by atoms with Crippen LogP contribution in [0.3, 0.4) is 0 Å². The molecule has 0 aliphatic rings. The summed E-state index contributed by atoms with van der Waals surface area (Å²) in [4.78, 5) is 12.0. The number of anilines is 1. The van der Waals surface area contributed by atoms with Crippen molar-refractivity contribution in [3.8, 4) is 0 Å². The maximum atomic E-state index is 12.9. The van der Waals surface area contributed by atoms with E-state index in [1.807, 2.05) is 30.3 Å². The number of amides is 1. The highest BCUT2D eigenvalue weighted by atomic mass is 19.1. The Bertz CT molecular complexity index is 611. The summed E-state index contributed by atoms with van der Waals surface area (Å²) in [5, 5.41) is 6.39. The molecule has 0 aliphatic heterocycles. The molecular formula is C19H23FN2O. The summed E-state index contributed by atoms with van der Waals surface area (Å²) >= 11 is 0. The van der Waals surface area contributed by atoms with E-state index in [-0.39, 0.29) is 24.2 Å². The fourth-order valence-electron chi connectivity index (χ4n) is 2.28. The Kier molecular flexibility index (Phi) is 6.15. The van der Waals surface area contributed by atoms with Crippen LogP contribution < -0.4 is 10.6 Å². The minimum atomic E-state index is -0.291. The number of para-hydroxylation sites is 1. The first-order chi connectivity index (χ1) is 11.0. The van der Waals surface area contributed by atoms with E-state index in [0.717, 1.165) is 11.3 Å². The van der Waals surface area contributed by atoms with E-state index in [1.165, 1.54) is 12.1 Å². The van der Waals surface area contributed by atoms with Crippen LogP contribution in [-0.4, -0.2) is 18.5 Å². The van der Waals surface area contributed by atoms with E-state index in [2.05, 4.69) is 24.5 Å². The normalized spacial score (nSPS) is 12.0. The molecule has 4 heteroatoms. The molecule has 23 heavy (non-hydrogen) atoms. The molecule has 0 saturated carbocycles. The smallest absolute Gasteiger partial charge is 0.224 e. The maximum absolute atomic E-state index is 12.9. The molecule has 0 bridgehead atoms. The average Bonchev–Trinajstić information content (AvgIpc) is 2.54. The van der Waals surface area contributed by atoms with Gasteiger partial charge in [-0.1, -0.05) is 44.2 Å². The Labute approximate surface area is 136 Å². The topological polar surface area (TPSA) is 41.1 Å². The van der Waals surface area contributed by atoms with Crippen LogP contribution >= 0.6 is 0 Å². The molecule has 0 aliphatic carbocycles. The van der Waals surface area contributed by atoms with E-state index in [9.17, 15) is 9.18 Å². The second-order valence-corrected chi connectivity index (χ2v) is 5.97. The van der Waals surface area contributed by atoms with Crippen LogP contribution in [0.5, 0.6) is 0 Å². The maximum Gasteiger partial charge on any atom is 0.224 e. The van der Waals surface area contributed by atoms with Gasteiger partial charge in [0.15, 0.2) is 0 Å². The largest absolute Gasteiger partial charge is 0.380 e. The van der Waals surface area contributed by atoms with Crippen molar-refractivity contribution in [2.45, 2.75) is 26.3 Å². The van der Waals surface area contributed by atoms with Gasteiger partial charge in [-0.25, -0.2) is 4.39 Å². The van der Waals surface area contributed by atoms with E-state index in [1.54, 1.807) is 12.1 Å². The molecule has 0 heterocycles. The van der Waals surface area contributed by atoms with Crippen molar-refractivity contribution in [1.82, 2.24) is 5.32 Å². The molecule has 2 aromatic carbocycles. The molecule has 0 spiro atoms. The van der Waals surface area contributed by atoms with Gasteiger partial charge in [-0.05, 0) is 35.7 Å². The third-order valence-corrected chi connectivity index (χ3v) is 3.73. The molecule has 2 N–H and O–H groups in total. The SMILES string of the molecule is CC(C)C(CNC(=O)Cc1ccc(F)cc1)Nc1ccccc1. The zero-order valence-corrected chi connectivity index (χ0v) is 13.6. The van der Waals surface area contributed by atoms with Gasteiger partial charge in [0.2, 0.25) is 5.91 Å². The number of hydrogen-bond donors (Lipinski definition) is 2. The first-order valence-corrected chi connectivity index (χ1v) is 7.87. The summed E-state index contributed by atoms with van der Waals surface area (Å²) in [6.45, 7) is 4.78. The van der Waals surface area contributed by atoms with Crippen LogP contribution in [0.15, 0.2) is 54.6 Å². The van der Waals surface area contributed by atoms with E-state index in [4.69, 9.17) is 0 Å². The molecule has 1 atom stereocenters. The Morgan fingerprint density at radius 3 is 2.30 bits per heavy atom. The lowest BCUT2D eigenvalue weighted by molar-refractivity contribution is -0.120. The quantitative estimate of drug-likeness (QED) is 0.819. The predicted octanol–water partition coefficient (Wildman–Crippen LogP) is 3.62. The minimum Gasteiger partial charge on any atom is -0.380 e. The van der Waals surface area contributed by atoms with Crippen LogP contribution in [0.2, 0.25) is 0 Å². The van der Waals surface area contributed by atoms with Crippen molar-refractivity contribution < 1.29 is 9.18 Å². The van der Waals surface area contributed by atoms with Crippen molar-refractivity contribution in [2.24, 2.45) is 5.92 Å². The van der Waals surface area contributed by atoms with Crippen LogP contribution in [-0.2, 0) is 11.2 Å². The zero-order valence-electron chi connectivity index (χ0n) is 13.6. The fourth-order valence-corrected chi connectivity index (χ4v) is 2.28. The van der Waals surface area contributed by atoms with Crippen LogP contribution in [0.1, 0.15) is 19.4 Å². The van der Waals surface area contributed by atoms with Gasteiger partial charge in [0.05, 0.1) is 6.42 Å². The van der Waals surface area contributed by atoms with Crippen molar-refractivity contribution in [2.75, 3.05) is 11.9 Å². The molecule has 3 nitrogen and oxygen atoms in total. The van der Waals surface area contributed by atoms with Gasteiger partial charge < -0.3 is 10.6 Å². The lowest BCUT2D eigenvalue weighted by Crippen LogP contribution is -2.40. The van der Waals surface area contributed by atoms with Crippen molar-refractivity contribution in [3.63, 3.8) is 0 Å². The summed E-state index contributed by atoms with van der Waals surface area (Å²) in [7, 11) is 0. The van der Waals surface area contributed by atoms with Crippen LogP contribution in [0.4, 0.5) is 10.1 Å². The summed E-state index contributed by atoms with van der Waals surface area (Å²) in [5.41, 5.74) is 1.85. The molecule has 1 amide bonds. The van der Waals surface area contributed by atoms with Gasteiger partial charge in [-0.2, -0.15) is 0 Å². The lowest BCUT2D eigenvalue weighted by atomic mass is 10.0. The molecule has 1 unspecified atom stereocenters. The van der Waals surface area contributed by atoms with Crippen molar-refractivity contribution >= 4 is 11.6 Å². The van der Waals surface area contributed by atoms with E-state index >= 15 is 0 Å². The highest BCUT2D eigenvalue weighted by Crippen LogP contribution is 2.12. The van der Waals surface area contributed by atoms with Crippen LogP contribution in [0.25, 0.3) is 0 Å². The molecule has 0 radical (unpaired) electrons. The molecule has 2 aromatic rings. The molecule has 0 aromatic heterocycles. The number of benzene rings is 2. The number of halogens is 1. The predicted molar refractivity (Wildman–Crippen MR) is 91.8 cm³/mol. The second kappa shape index (κ2) is 8.32. The van der Waals surface area contributed by atoms with E-state index < -0.39 is 0 Å². The van der Waals surface area contributed by atoms with E-state index in [0.29, 0.717) is 12.5 Å². The summed E-state index contributed by atoms with van der Waals surface area (Å²) < 4.78 is 12.9. The third kappa shape index (κ3) is 5.74. The van der Waals surface area contributed by atoms with Gasteiger partial charge in [0.1, 0.15) is 5.82 Å². The Morgan fingerprint density at radius 2 is 1.70 bits per heavy atom. The zero-order chi connectivity index (χ0) is 16.7. The van der Waals surface area contributed by atoms with Gasteiger partial charge in [-0.15, -0.1) is 0 Å². The van der Waals surface area contributed by atoms with Crippen molar-refractivity contribution in [1.29, 1.82) is 0 Å². The first kappa shape index (κ1) is 17.0. The number of carbonyl (C=O) groups excluding carboxylic acids is 1. The Balaban J connectivity index is 1.85. The Morgan fingerprint density at radius 1 is 1.04 bits per heavy atom. The number of carbonyl (C=O) groups is 1. The highest BCUT2D eigenvalue weighted by molar-refractivity contribution is 5.78. The van der Waals surface area contributed by atoms with Gasteiger partial charge in [0, 0.05) is 18.3 Å². The van der Waals surface area contributed by atoms with Crippen molar-refractivity contribution in [3.05, 3.63) is 66.0 Å². The molecular weight excluding hydrogens is 291 g/mol. The third-order valence-electron chi connectivity index (χ3n) is 3.73. The second-order valence-electron chi connectivity index (χ2n) is 5.97. The summed E-state index contributed by atoms with van der Waals surface area (Å²) in [6, 6.07) is 16.1. The molecule has 0 fully saturated rings. The first-order valence-electron chi connectivity index (χ1n) is 7.87. The summed E-state index contributed by atoms with van der Waals surface area (Å²) in [5.74, 6) is 0.0274. The molecule has 0 saturated heterocycles. The molecule has 2 rings (SSSR count).